The molecule has 0 saturated carbocycles. The summed E-state index contributed by atoms with van der Waals surface area (Å²) < 4.78 is 2.62. The van der Waals surface area contributed by atoms with Crippen LogP contribution < -0.4 is 55.8 Å². The first kappa shape index (κ1) is 20.3. The van der Waals surface area contributed by atoms with Crippen molar-refractivity contribution < 1.29 is 61.9 Å². The van der Waals surface area contributed by atoms with Gasteiger partial charge in [0, 0.05) is 0 Å². The van der Waals surface area contributed by atoms with Gasteiger partial charge >= 0.3 is 136 Å². The van der Waals surface area contributed by atoms with E-state index in [-0.39, 0.29) is 37.2 Å². The van der Waals surface area contributed by atoms with E-state index in [1.807, 2.05) is 0 Å². The Morgan fingerprint density at radius 3 is 2.50 bits per heavy atom. The molecule has 6 heteroatoms. The summed E-state index contributed by atoms with van der Waals surface area (Å²) in [4.78, 5) is 2.39. The number of nitrogens with zero attached hydrogens (tertiary/aromatic N) is 1. The maximum Gasteiger partial charge on any atom is -1.00 e. The molecule has 2 aromatic rings. The maximum atomic E-state index is 3.62. The second-order valence-electron chi connectivity index (χ2n) is 5.07. The molecule has 0 N–H and O–H groups in total. The third-order valence-electron chi connectivity index (χ3n) is 4.03. The minimum atomic E-state index is 0. The van der Waals surface area contributed by atoms with Crippen molar-refractivity contribution in [3.63, 3.8) is 0 Å². The van der Waals surface area contributed by atoms with Crippen molar-refractivity contribution in [1.82, 2.24) is 0 Å². The average molecular weight is 495 g/mol. The van der Waals surface area contributed by atoms with Crippen LogP contribution in [0.15, 0.2) is 40.9 Å². The van der Waals surface area contributed by atoms with Gasteiger partial charge in [-0.2, -0.15) is 0 Å². The Kier molecular flexibility index (Phi) is 6.82. The smallest absolute Gasteiger partial charge is 1.00 e. The van der Waals surface area contributed by atoms with Crippen LogP contribution in [0.1, 0.15) is 5.56 Å². The van der Waals surface area contributed by atoms with Crippen molar-refractivity contribution >= 4 is 36.5 Å². The van der Waals surface area contributed by atoms with Crippen molar-refractivity contribution in [3.05, 3.63) is 56.9 Å². The Balaban J connectivity index is 0.000000807. The first-order chi connectivity index (χ1) is 9.16. The Hall–Kier alpha value is 0.213. The molecule has 1 atom stereocenters. The second-order valence-corrected chi connectivity index (χ2v) is 7.31. The average Bonchev–Trinajstić information content (AvgIpc) is 2.87. The molecule has 112 valence electrons. The largest absolute Gasteiger partial charge is 1.00 e. The number of halogens is 4. The Bertz CT molecular complexity index is 838. The molecule has 4 rings (SSSR count). The molecule has 0 bridgehead atoms. The van der Waals surface area contributed by atoms with Crippen LogP contribution in [0.5, 0.6) is 0 Å². The zero-order chi connectivity index (χ0) is 13.1. The van der Waals surface area contributed by atoms with Gasteiger partial charge in [0.1, 0.15) is 0 Å². The minimum Gasteiger partial charge on any atom is -1.00 e. The fourth-order valence-electron chi connectivity index (χ4n) is 3.19. The number of hydrogen-bond donors (Lipinski definition) is 0. The van der Waals surface area contributed by atoms with Gasteiger partial charge in [0.25, 0.3) is 0 Å². The predicted octanol–water partition coefficient (Wildman–Crippen LogP) is -7.56. The van der Waals surface area contributed by atoms with Gasteiger partial charge in [0.15, 0.2) is 0 Å². The summed E-state index contributed by atoms with van der Waals surface area (Å²) in [6, 6.07) is 13.6. The molecule has 2 aromatic carbocycles. The Morgan fingerprint density at radius 1 is 1.09 bits per heavy atom. The molecule has 1 aliphatic heterocycles. The van der Waals surface area contributed by atoms with Gasteiger partial charge in [-0.1, -0.05) is 0 Å². The summed E-state index contributed by atoms with van der Waals surface area (Å²) >= 11 is 5.10. The number of fused-ring (bicyclic) bond motifs is 4. The third kappa shape index (κ3) is 2.84. The van der Waals surface area contributed by atoms with Crippen LogP contribution >= 0.6 is 15.9 Å². The molecule has 0 saturated heterocycles. The maximum absolute atomic E-state index is 3.62. The van der Waals surface area contributed by atoms with Crippen LogP contribution in [0.4, 0.5) is 5.69 Å². The molecule has 0 amide bonds. The SMILES string of the molecule is CN1c2cc(Br)c[c]([Zr+3])c2C2=c3ccccc3=CC21.[Cl-].[Cl-].[Cl-]. The van der Waals surface area contributed by atoms with Crippen LogP contribution in [-0.2, 0) is 24.7 Å². The van der Waals surface area contributed by atoms with E-state index >= 15 is 0 Å². The Morgan fingerprint density at radius 2 is 1.77 bits per heavy atom. The number of rotatable bonds is 0. The van der Waals surface area contributed by atoms with Crippen LogP contribution in [0.3, 0.4) is 0 Å². The quantitative estimate of drug-likeness (QED) is 0.352. The van der Waals surface area contributed by atoms with E-state index in [0.29, 0.717) is 6.04 Å². The fraction of sp³-hybridized carbons (Fsp3) is 0.125. The normalized spacial score (nSPS) is 16.5. The van der Waals surface area contributed by atoms with E-state index in [0.717, 1.165) is 0 Å². The molecule has 1 nitrogen and oxygen atoms in total. The van der Waals surface area contributed by atoms with E-state index < -0.39 is 0 Å². The topological polar surface area (TPSA) is 3.24 Å². The van der Waals surface area contributed by atoms with Gasteiger partial charge in [-0.3, -0.25) is 0 Å². The molecule has 0 spiro atoms. The molecule has 22 heavy (non-hydrogen) atoms. The van der Waals surface area contributed by atoms with Crippen molar-refractivity contribution in [3.8, 4) is 0 Å². The third-order valence-corrected chi connectivity index (χ3v) is 5.46. The van der Waals surface area contributed by atoms with Gasteiger partial charge in [-0.25, -0.2) is 0 Å². The molecule has 0 radical (unpaired) electrons. The molecule has 1 unspecified atom stereocenters. The van der Waals surface area contributed by atoms with Crippen LogP contribution in [-0.4, -0.2) is 13.1 Å². The number of likely N-dealkylation sites (N-methyl/N-ethyl adjacent to an activating group) is 1. The number of anilines is 1. The molecular formula is C16H11BrCl3NZr. The molecular weight excluding hydrogens is 484 g/mol. The van der Waals surface area contributed by atoms with Crippen LogP contribution in [0, 0.1) is 0 Å². The van der Waals surface area contributed by atoms with Gasteiger partial charge in [-0.15, -0.1) is 0 Å². The summed E-state index contributed by atoms with van der Waals surface area (Å²) in [7, 11) is 2.20. The van der Waals surface area contributed by atoms with Crippen LogP contribution in [0.2, 0.25) is 0 Å². The van der Waals surface area contributed by atoms with Gasteiger partial charge < -0.3 is 37.2 Å². The van der Waals surface area contributed by atoms with E-state index in [9.17, 15) is 0 Å². The molecule has 0 fully saturated rings. The number of benzene rings is 2. The van der Waals surface area contributed by atoms with Crippen LogP contribution in [0.25, 0.3) is 11.6 Å². The fourth-order valence-corrected chi connectivity index (χ4v) is 5.19. The molecule has 1 heterocycles. The van der Waals surface area contributed by atoms with Crippen molar-refractivity contribution in [2.24, 2.45) is 0 Å². The van der Waals surface area contributed by atoms with Crippen molar-refractivity contribution in [1.29, 1.82) is 0 Å². The van der Waals surface area contributed by atoms with Gasteiger partial charge in [0.05, 0.1) is 0 Å². The summed E-state index contributed by atoms with van der Waals surface area (Å²) in [5.74, 6) is 0. The van der Waals surface area contributed by atoms with E-state index in [2.05, 4.69) is 70.4 Å². The number of hydrogen-bond acceptors (Lipinski definition) is 1. The standard InChI is InChI=1S/C16H11BrN.3ClH.Zr/c1-18-14-9-11(17)6-7-13(14)16-12-5-3-2-4-10(12)8-15(16)18;;;;/h2-6,8-9,15H,1H3;3*1H;/q;;;;+3/p-3. The molecule has 2 aliphatic rings. The monoisotopic (exact) mass is 491 g/mol. The Labute approximate surface area is 172 Å². The zero-order valence-corrected chi connectivity index (χ0v) is 17.9. The summed E-state index contributed by atoms with van der Waals surface area (Å²) in [5, 5.41) is 2.78. The minimum absolute atomic E-state index is 0. The van der Waals surface area contributed by atoms with E-state index in [4.69, 9.17) is 0 Å². The first-order valence-corrected chi connectivity index (χ1v) is 8.28. The zero-order valence-electron chi connectivity index (χ0n) is 11.6. The molecule has 1 aliphatic carbocycles. The van der Waals surface area contributed by atoms with Gasteiger partial charge in [-0.05, 0) is 0 Å². The summed E-state index contributed by atoms with van der Waals surface area (Å²) in [6.07, 6.45) is 2.38. The van der Waals surface area contributed by atoms with Gasteiger partial charge in [0.2, 0.25) is 0 Å². The van der Waals surface area contributed by atoms with E-state index in [1.165, 1.54) is 59.7 Å². The second kappa shape index (κ2) is 7.40. The molecule has 0 aromatic heterocycles. The predicted molar refractivity (Wildman–Crippen MR) is 78.6 cm³/mol. The van der Waals surface area contributed by atoms with Crippen molar-refractivity contribution in [2.75, 3.05) is 11.9 Å². The first-order valence-electron chi connectivity index (χ1n) is 6.26. The van der Waals surface area contributed by atoms with E-state index in [1.54, 1.807) is 0 Å². The summed E-state index contributed by atoms with van der Waals surface area (Å²) in [6.45, 7) is 0. The summed E-state index contributed by atoms with van der Waals surface area (Å²) in [5.41, 5.74) is 4.30. The van der Waals surface area contributed by atoms with Crippen molar-refractivity contribution in [2.45, 2.75) is 6.04 Å².